The molecule has 1 aliphatic heterocycles. The lowest BCUT2D eigenvalue weighted by Gasteiger charge is -2.15. The Morgan fingerprint density at radius 2 is 2.17 bits per heavy atom. The molecule has 0 atom stereocenters. The molecule has 96 valence electrons. The Bertz CT molecular complexity index is 434. The standard InChI is InChI=1S/C15H20N2O/c1-2-6-15(18)16-14-8-5-7-13(11-14)12-17-9-3-4-10-17/h2,5-8,11H,3-4,9-10,12H2,1H3,(H,16,18). The van der Waals surface area contributed by atoms with Gasteiger partial charge in [-0.1, -0.05) is 18.2 Å². The first-order valence-corrected chi connectivity index (χ1v) is 6.53. The van der Waals surface area contributed by atoms with Crippen LogP contribution in [-0.4, -0.2) is 23.9 Å². The number of hydrogen-bond donors (Lipinski definition) is 1. The van der Waals surface area contributed by atoms with Crippen LogP contribution >= 0.6 is 0 Å². The molecule has 0 unspecified atom stereocenters. The van der Waals surface area contributed by atoms with Crippen LogP contribution in [0.2, 0.25) is 0 Å². The van der Waals surface area contributed by atoms with Crippen LogP contribution in [0.5, 0.6) is 0 Å². The molecule has 1 saturated heterocycles. The Balaban J connectivity index is 1.98. The summed E-state index contributed by atoms with van der Waals surface area (Å²) in [5, 5.41) is 2.86. The molecule has 1 fully saturated rings. The maximum absolute atomic E-state index is 11.5. The molecular formula is C15H20N2O. The number of allylic oxidation sites excluding steroid dienone is 1. The van der Waals surface area contributed by atoms with Gasteiger partial charge in [0.15, 0.2) is 0 Å². The van der Waals surface area contributed by atoms with Crippen molar-refractivity contribution in [3.63, 3.8) is 0 Å². The number of anilines is 1. The molecule has 0 aliphatic carbocycles. The van der Waals surface area contributed by atoms with Gasteiger partial charge in [-0.15, -0.1) is 0 Å². The molecule has 1 aromatic carbocycles. The molecule has 1 heterocycles. The largest absolute Gasteiger partial charge is 0.323 e. The van der Waals surface area contributed by atoms with Gasteiger partial charge in [-0.2, -0.15) is 0 Å². The van der Waals surface area contributed by atoms with Crippen molar-refractivity contribution in [3.8, 4) is 0 Å². The van der Waals surface area contributed by atoms with Gasteiger partial charge in [0, 0.05) is 12.2 Å². The molecule has 0 aromatic heterocycles. The molecule has 0 bridgehead atoms. The van der Waals surface area contributed by atoms with Crippen molar-refractivity contribution in [1.29, 1.82) is 0 Å². The van der Waals surface area contributed by atoms with E-state index in [4.69, 9.17) is 0 Å². The van der Waals surface area contributed by atoms with Crippen LogP contribution < -0.4 is 5.32 Å². The van der Waals surface area contributed by atoms with Gasteiger partial charge in [-0.3, -0.25) is 9.69 Å². The number of benzene rings is 1. The number of nitrogens with zero attached hydrogens (tertiary/aromatic N) is 1. The van der Waals surface area contributed by atoms with E-state index in [2.05, 4.69) is 22.3 Å². The predicted octanol–water partition coefficient (Wildman–Crippen LogP) is 2.80. The summed E-state index contributed by atoms with van der Waals surface area (Å²) in [6.45, 7) is 5.20. The third-order valence-electron chi connectivity index (χ3n) is 3.12. The van der Waals surface area contributed by atoms with Gasteiger partial charge >= 0.3 is 0 Å². The fraction of sp³-hybridized carbons (Fsp3) is 0.400. The van der Waals surface area contributed by atoms with E-state index in [1.54, 1.807) is 6.08 Å². The molecule has 1 amide bonds. The molecule has 18 heavy (non-hydrogen) atoms. The molecule has 3 heteroatoms. The van der Waals surface area contributed by atoms with Crippen LogP contribution in [0.25, 0.3) is 0 Å². The lowest BCUT2D eigenvalue weighted by molar-refractivity contribution is -0.111. The fourth-order valence-corrected chi connectivity index (χ4v) is 2.28. The Hall–Kier alpha value is -1.61. The van der Waals surface area contributed by atoms with Crippen molar-refractivity contribution < 1.29 is 4.79 Å². The van der Waals surface area contributed by atoms with Crippen molar-refractivity contribution in [2.75, 3.05) is 18.4 Å². The van der Waals surface area contributed by atoms with E-state index in [1.807, 2.05) is 19.1 Å². The summed E-state index contributed by atoms with van der Waals surface area (Å²) < 4.78 is 0. The Morgan fingerprint density at radius 3 is 2.89 bits per heavy atom. The Labute approximate surface area is 108 Å². The summed E-state index contributed by atoms with van der Waals surface area (Å²) in [5.74, 6) is -0.0733. The van der Waals surface area contributed by atoms with Gasteiger partial charge in [-0.25, -0.2) is 0 Å². The van der Waals surface area contributed by atoms with Crippen molar-refractivity contribution in [1.82, 2.24) is 4.90 Å². The summed E-state index contributed by atoms with van der Waals surface area (Å²) in [6, 6.07) is 8.09. The van der Waals surface area contributed by atoms with E-state index in [9.17, 15) is 4.79 Å². The molecular weight excluding hydrogens is 224 g/mol. The van der Waals surface area contributed by atoms with Crippen LogP contribution in [0.4, 0.5) is 5.69 Å². The van der Waals surface area contributed by atoms with Crippen molar-refractivity contribution in [3.05, 3.63) is 42.0 Å². The second-order valence-electron chi connectivity index (χ2n) is 4.67. The van der Waals surface area contributed by atoms with E-state index in [0.717, 1.165) is 12.2 Å². The second-order valence-corrected chi connectivity index (χ2v) is 4.67. The van der Waals surface area contributed by atoms with Gasteiger partial charge in [-0.05, 0) is 56.6 Å². The third kappa shape index (κ3) is 3.70. The first kappa shape index (κ1) is 12.8. The zero-order valence-electron chi connectivity index (χ0n) is 10.9. The zero-order chi connectivity index (χ0) is 12.8. The summed E-state index contributed by atoms with van der Waals surface area (Å²) in [6.07, 6.45) is 5.88. The minimum atomic E-state index is -0.0733. The van der Waals surface area contributed by atoms with Gasteiger partial charge in [0.2, 0.25) is 5.91 Å². The number of amides is 1. The van der Waals surface area contributed by atoms with Crippen LogP contribution in [-0.2, 0) is 11.3 Å². The van der Waals surface area contributed by atoms with E-state index < -0.39 is 0 Å². The minimum Gasteiger partial charge on any atom is -0.323 e. The van der Waals surface area contributed by atoms with E-state index in [1.165, 1.54) is 37.6 Å². The number of nitrogens with one attached hydrogen (secondary N) is 1. The lowest BCUT2D eigenvalue weighted by atomic mass is 10.2. The first-order valence-electron chi connectivity index (χ1n) is 6.53. The van der Waals surface area contributed by atoms with Gasteiger partial charge in [0.05, 0.1) is 0 Å². The van der Waals surface area contributed by atoms with E-state index in [-0.39, 0.29) is 5.91 Å². The van der Waals surface area contributed by atoms with Crippen molar-refractivity contribution in [2.24, 2.45) is 0 Å². The molecule has 0 radical (unpaired) electrons. The highest BCUT2D eigenvalue weighted by molar-refractivity contribution is 5.99. The minimum absolute atomic E-state index is 0.0733. The highest BCUT2D eigenvalue weighted by atomic mass is 16.1. The van der Waals surface area contributed by atoms with Crippen LogP contribution in [0.1, 0.15) is 25.3 Å². The molecule has 0 spiro atoms. The van der Waals surface area contributed by atoms with Crippen molar-refractivity contribution >= 4 is 11.6 Å². The average molecular weight is 244 g/mol. The Kier molecular flexibility index (Phi) is 4.53. The topological polar surface area (TPSA) is 32.3 Å². The first-order chi connectivity index (χ1) is 8.78. The molecule has 1 aliphatic rings. The number of carbonyl (C=O) groups excluding carboxylic acids is 1. The quantitative estimate of drug-likeness (QED) is 0.826. The molecule has 3 nitrogen and oxygen atoms in total. The number of carbonyl (C=O) groups is 1. The van der Waals surface area contributed by atoms with Gasteiger partial charge in [0.25, 0.3) is 0 Å². The number of rotatable bonds is 4. The number of hydrogen-bond acceptors (Lipinski definition) is 2. The molecule has 2 rings (SSSR count). The van der Waals surface area contributed by atoms with E-state index >= 15 is 0 Å². The summed E-state index contributed by atoms with van der Waals surface area (Å²) in [4.78, 5) is 13.9. The van der Waals surface area contributed by atoms with E-state index in [0.29, 0.717) is 0 Å². The van der Waals surface area contributed by atoms with Gasteiger partial charge in [0.1, 0.15) is 0 Å². The summed E-state index contributed by atoms with van der Waals surface area (Å²) >= 11 is 0. The van der Waals surface area contributed by atoms with Crippen molar-refractivity contribution in [2.45, 2.75) is 26.3 Å². The van der Waals surface area contributed by atoms with Crippen LogP contribution in [0, 0.1) is 0 Å². The molecule has 1 N–H and O–H groups in total. The lowest BCUT2D eigenvalue weighted by Crippen LogP contribution is -2.18. The summed E-state index contributed by atoms with van der Waals surface area (Å²) in [7, 11) is 0. The van der Waals surface area contributed by atoms with Crippen LogP contribution in [0.15, 0.2) is 36.4 Å². The molecule has 1 aromatic rings. The monoisotopic (exact) mass is 244 g/mol. The average Bonchev–Trinajstić information content (AvgIpc) is 2.82. The normalized spacial score (nSPS) is 16.3. The van der Waals surface area contributed by atoms with Gasteiger partial charge < -0.3 is 5.32 Å². The third-order valence-corrected chi connectivity index (χ3v) is 3.12. The smallest absolute Gasteiger partial charge is 0.248 e. The zero-order valence-corrected chi connectivity index (χ0v) is 10.9. The number of likely N-dealkylation sites (tertiary alicyclic amines) is 1. The fourth-order valence-electron chi connectivity index (χ4n) is 2.28. The molecule has 0 saturated carbocycles. The predicted molar refractivity (Wildman–Crippen MR) is 74.4 cm³/mol. The maximum atomic E-state index is 11.5. The Morgan fingerprint density at radius 1 is 1.39 bits per heavy atom. The van der Waals surface area contributed by atoms with Crippen LogP contribution in [0.3, 0.4) is 0 Å². The second kappa shape index (κ2) is 6.36. The SMILES string of the molecule is CC=CC(=O)Nc1cccc(CN2CCCC2)c1. The highest BCUT2D eigenvalue weighted by Gasteiger charge is 2.11. The maximum Gasteiger partial charge on any atom is 0.248 e. The summed E-state index contributed by atoms with van der Waals surface area (Å²) in [5.41, 5.74) is 2.13. The highest BCUT2D eigenvalue weighted by Crippen LogP contribution is 2.16.